The summed E-state index contributed by atoms with van der Waals surface area (Å²) >= 11 is 0. The minimum absolute atomic E-state index is 0.147. The van der Waals surface area contributed by atoms with E-state index in [0.29, 0.717) is 5.56 Å². The fraction of sp³-hybridized carbons (Fsp3) is 0.250. The first-order valence-corrected chi connectivity index (χ1v) is 5.91. The normalized spacial score (nSPS) is 11.1. The smallest absolute Gasteiger partial charge is 0.271 e. The number of rotatable bonds is 3. The summed E-state index contributed by atoms with van der Waals surface area (Å²) in [5.41, 5.74) is 0.712. The van der Waals surface area contributed by atoms with E-state index in [2.05, 4.69) is 4.72 Å². The molecule has 1 rings (SSSR count). The maximum absolute atomic E-state index is 11.0. The zero-order valence-electron chi connectivity index (χ0n) is 8.22. The molecule has 0 bridgehead atoms. The van der Waals surface area contributed by atoms with Crippen LogP contribution >= 0.6 is 0 Å². The Morgan fingerprint density at radius 2 is 2.00 bits per heavy atom. The monoisotopic (exact) mass is 230 g/mol. The molecule has 6 nitrogen and oxygen atoms in total. The van der Waals surface area contributed by atoms with E-state index >= 15 is 0 Å². The van der Waals surface area contributed by atoms with Crippen molar-refractivity contribution in [3.63, 3.8) is 0 Å². The molecule has 0 aromatic heterocycles. The summed E-state index contributed by atoms with van der Waals surface area (Å²) in [4.78, 5) is 9.88. The van der Waals surface area contributed by atoms with Gasteiger partial charge in [-0.3, -0.25) is 14.8 Å². The molecule has 15 heavy (non-hydrogen) atoms. The Kier molecular flexibility index (Phi) is 2.94. The topological polar surface area (TPSA) is 89.3 Å². The average Bonchev–Trinajstić information content (AvgIpc) is 2.06. The van der Waals surface area contributed by atoms with Crippen molar-refractivity contribution in [2.75, 3.05) is 11.0 Å². The Morgan fingerprint density at radius 3 is 2.47 bits per heavy atom. The van der Waals surface area contributed by atoms with Crippen LogP contribution in [0.5, 0.6) is 0 Å². The fourth-order valence-electron chi connectivity index (χ4n) is 1.03. The van der Waals surface area contributed by atoms with E-state index in [4.69, 9.17) is 0 Å². The first-order chi connectivity index (χ1) is 6.79. The molecule has 0 radical (unpaired) electrons. The van der Waals surface area contributed by atoms with Gasteiger partial charge in [0.15, 0.2) is 0 Å². The number of sulfonamides is 1. The summed E-state index contributed by atoms with van der Waals surface area (Å²) in [6, 6.07) is 4.00. The second-order valence-corrected chi connectivity index (χ2v) is 4.88. The Labute approximate surface area is 87.1 Å². The van der Waals surface area contributed by atoms with Crippen molar-refractivity contribution >= 4 is 21.4 Å². The number of benzene rings is 1. The number of hydrogen-bond acceptors (Lipinski definition) is 4. The molecule has 0 aliphatic carbocycles. The molecule has 7 heteroatoms. The van der Waals surface area contributed by atoms with Crippen LogP contribution in [0, 0.1) is 17.0 Å². The van der Waals surface area contributed by atoms with Gasteiger partial charge in [0.05, 0.1) is 16.9 Å². The third kappa shape index (κ3) is 3.21. The first kappa shape index (κ1) is 11.4. The predicted molar refractivity (Wildman–Crippen MR) is 56.3 cm³/mol. The molecular weight excluding hydrogens is 220 g/mol. The highest BCUT2D eigenvalue weighted by atomic mass is 32.2. The van der Waals surface area contributed by atoms with Crippen LogP contribution < -0.4 is 4.72 Å². The maximum atomic E-state index is 11.0. The highest BCUT2D eigenvalue weighted by molar-refractivity contribution is 7.92. The molecule has 0 saturated carbocycles. The van der Waals surface area contributed by atoms with Gasteiger partial charge in [0.1, 0.15) is 0 Å². The van der Waals surface area contributed by atoms with E-state index in [1.54, 1.807) is 6.92 Å². The van der Waals surface area contributed by atoms with Crippen molar-refractivity contribution in [3.8, 4) is 0 Å². The number of aryl methyl sites for hydroxylation is 1. The zero-order chi connectivity index (χ0) is 11.6. The maximum Gasteiger partial charge on any atom is 0.271 e. The third-order valence-electron chi connectivity index (χ3n) is 1.73. The zero-order valence-corrected chi connectivity index (χ0v) is 9.04. The summed E-state index contributed by atoms with van der Waals surface area (Å²) in [6.07, 6.45) is 0.991. The van der Waals surface area contributed by atoms with Crippen molar-refractivity contribution in [2.24, 2.45) is 0 Å². The van der Waals surface area contributed by atoms with Crippen LogP contribution in [-0.4, -0.2) is 19.6 Å². The molecule has 82 valence electrons. The van der Waals surface area contributed by atoms with Gasteiger partial charge in [-0.05, 0) is 12.5 Å². The molecular formula is C8H10N2O4S. The lowest BCUT2D eigenvalue weighted by Crippen LogP contribution is -2.10. The summed E-state index contributed by atoms with van der Waals surface area (Å²) in [5.74, 6) is 0. The molecule has 0 unspecified atom stereocenters. The number of anilines is 1. The molecule has 0 aliphatic rings. The van der Waals surface area contributed by atoms with Crippen LogP contribution in [-0.2, 0) is 10.0 Å². The van der Waals surface area contributed by atoms with E-state index in [9.17, 15) is 18.5 Å². The van der Waals surface area contributed by atoms with Gasteiger partial charge in [0.25, 0.3) is 5.69 Å². The minimum Gasteiger partial charge on any atom is -0.283 e. The number of nitrogens with zero attached hydrogens (tertiary/aromatic N) is 1. The second kappa shape index (κ2) is 3.85. The van der Waals surface area contributed by atoms with Gasteiger partial charge in [-0.1, -0.05) is 6.07 Å². The molecule has 0 fully saturated rings. The van der Waals surface area contributed by atoms with Crippen LogP contribution in [0.4, 0.5) is 11.4 Å². The van der Waals surface area contributed by atoms with Crippen molar-refractivity contribution in [3.05, 3.63) is 33.9 Å². The average molecular weight is 230 g/mol. The Bertz CT molecular complexity index is 495. The van der Waals surface area contributed by atoms with Crippen molar-refractivity contribution in [2.45, 2.75) is 6.92 Å². The predicted octanol–water partition coefficient (Wildman–Crippen LogP) is 1.27. The van der Waals surface area contributed by atoms with Gasteiger partial charge < -0.3 is 0 Å². The van der Waals surface area contributed by atoms with E-state index in [0.717, 1.165) is 6.26 Å². The largest absolute Gasteiger partial charge is 0.283 e. The molecule has 0 amide bonds. The Hall–Kier alpha value is -1.63. The standard InChI is InChI=1S/C8H10N2O4S/c1-6-3-4-7(10(11)12)5-8(6)9-15(2,13)14/h3-5,9H,1-2H3. The summed E-state index contributed by atoms with van der Waals surface area (Å²) < 4.78 is 24.1. The number of non-ortho nitro benzene ring substituents is 1. The lowest BCUT2D eigenvalue weighted by Gasteiger charge is -2.06. The van der Waals surface area contributed by atoms with E-state index in [-0.39, 0.29) is 11.4 Å². The van der Waals surface area contributed by atoms with Crippen LogP contribution in [0.3, 0.4) is 0 Å². The minimum atomic E-state index is -3.41. The first-order valence-electron chi connectivity index (χ1n) is 4.02. The van der Waals surface area contributed by atoms with Crippen LogP contribution in [0.25, 0.3) is 0 Å². The Morgan fingerprint density at radius 1 is 1.40 bits per heavy atom. The molecule has 0 atom stereocenters. The van der Waals surface area contributed by atoms with Gasteiger partial charge >= 0.3 is 0 Å². The van der Waals surface area contributed by atoms with Crippen LogP contribution in [0.2, 0.25) is 0 Å². The van der Waals surface area contributed by atoms with E-state index in [1.807, 2.05) is 0 Å². The van der Waals surface area contributed by atoms with Crippen LogP contribution in [0.15, 0.2) is 18.2 Å². The lowest BCUT2D eigenvalue weighted by molar-refractivity contribution is -0.384. The van der Waals surface area contributed by atoms with Gasteiger partial charge in [-0.25, -0.2) is 8.42 Å². The number of nitro benzene ring substituents is 1. The van der Waals surface area contributed by atoms with Gasteiger partial charge in [-0.15, -0.1) is 0 Å². The molecule has 1 N–H and O–H groups in total. The number of nitrogens with one attached hydrogen (secondary N) is 1. The highest BCUT2D eigenvalue weighted by Crippen LogP contribution is 2.22. The third-order valence-corrected chi connectivity index (χ3v) is 2.32. The highest BCUT2D eigenvalue weighted by Gasteiger charge is 2.11. The molecule has 1 aromatic rings. The Balaban J connectivity index is 3.17. The number of hydrogen-bond donors (Lipinski definition) is 1. The second-order valence-electron chi connectivity index (χ2n) is 3.13. The van der Waals surface area contributed by atoms with Crippen molar-refractivity contribution in [1.29, 1.82) is 0 Å². The summed E-state index contributed by atoms with van der Waals surface area (Å²) in [7, 11) is -3.41. The quantitative estimate of drug-likeness (QED) is 0.625. The lowest BCUT2D eigenvalue weighted by atomic mass is 10.2. The molecule has 0 heterocycles. The summed E-state index contributed by atoms with van der Waals surface area (Å²) in [6.45, 7) is 1.66. The molecule has 1 aromatic carbocycles. The van der Waals surface area contributed by atoms with Gasteiger partial charge in [0.2, 0.25) is 10.0 Å². The van der Waals surface area contributed by atoms with E-state index < -0.39 is 14.9 Å². The molecule has 0 saturated heterocycles. The SMILES string of the molecule is Cc1ccc([N+](=O)[O-])cc1NS(C)(=O)=O. The van der Waals surface area contributed by atoms with Crippen molar-refractivity contribution < 1.29 is 13.3 Å². The summed E-state index contributed by atoms with van der Waals surface area (Å²) in [5, 5.41) is 10.5. The molecule has 0 spiro atoms. The van der Waals surface area contributed by atoms with Gasteiger partial charge in [0, 0.05) is 12.1 Å². The van der Waals surface area contributed by atoms with Crippen molar-refractivity contribution in [1.82, 2.24) is 0 Å². The number of nitro groups is 1. The molecule has 0 aliphatic heterocycles. The fourth-order valence-corrected chi connectivity index (χ4v) is 1.65. The van der Waals surface area contributed by atoms with Crippen LogP contribution in [0.1, 0.15) is 5.56 Å². The van der Waals surface area contributed by atoms with E-state index in [1.165, 1.54) is 18.2 Å². The van der Waals surface area contributed by atoms with Gasteiger partial charge in [-0.2, -0.15) is 0 Å².